The average Bonchev–Trinajstić information content (AvgIpc) is 3.55. The SMILES string of the molecule is C/C(=C\c1cc(Br)ccc1O)CC[C@H]1OC[C@H]2C1=C(COc1ccccc1)C[C@H]1C(=O)N(c3cccc([N+](=O)[O-])c3)C(=O)[C@H]12. The van der Waals surface area contributed by atoms with Crippen molar-refractivity contribution in [3.05, 3.63) is 110 Å². The number of anilines is 1. The standard InChI is InChI=1S/C34H31BrN2O7/c1-20(14-21-15-23(35)11-12-29(21)38)10-13-30-31-22(18-43-26-8-3-2-4-9-26)16-27-32(28(31)19-44-30)34(40)36(33(27)39)24-6-5-7-25(17-24)37(41)42/h2-9,11-12,14-15,17,27-28,30,32,38H,10,13,16,18-19H2,1H3/b20-14+/t27-,28+,30-,32-/m1/s1. The number of halogens is 1. The highest BCUT2D eigenvalue weighted by atomic mass is 79.9. The van der Waals surface area contributed by atoms with E-state index >= 15 is 0 Å². The van der Waals surface area contributed by atoms with Gasteiger partial charge in [0.15, 0.2) is 0 Å². The summed E-state index contributed by atoms with van der Waals surface area (Å²) in [6.07, 6.45) is 3.39. The molecule has 4 atom stereocenters. The first kappa shape index (κ1) is 29.8. The summed E-state index contributed by atoms with van der Waals surface area (Å²) in [5.74, 6) is -1.32. The van der Waals surface area contributed by atoms with E-state index < -0.39 is 16.8 Å². The zero-order valence-electron chi connectivity index (χ0n) is 24.0. The molecule has 3 aromatic rings. The van der Waals surface area contributed by atoms with Gasteiger partial charge in [-0.2, -0.15) is 0 Å². The number of hydrogen-bond donors (Lipinski definition) is 1. The Hall–Kier alpha value is -4.28. The number of fused-ring (bicyclic) bond motifs is 3. The van der Waals surface area contributed by atoms with Gasteiger partial charge in [-0.15, -0.1) is 0 Å². The van der Waals surface area contributed by atoms with Crippen LogP contribution in [-0.4, -0.2) is 41.2 Å². The smallest absolute Gasteiger partial charge is 0.271 e. The van der Waals surface area contributed by atoms with Crippen LogP contribution in [0.3, 0.4) is 0 Å². The predicted octanol–water partition coefficient (Wildman–Crippen LogP) is 6.85. The van der Waals surface area contributed by atoms with Crippen LogP contribution in [0.1, 0.15) is 31.7 Å². The number of rotatable bonds is 9. The van der Waals surface area contributed by atoms with Crippen molar-refractivity contribution in [2.24, 2.45) is 17.8 Å². The Bertz CT molecular complexity index is 1690. The van der Waals surface area contributed by atoms with Crippen molar-refractivity contribution in [2.75, 3.05) is 18.1 Å². The molecule has 0 unspecified atom stereocenters. The maximum atomic E-state index is 13.9. The lowest BCUT2D eigenvalue weighted by Crippen LogP contribution is -2.35. The van der Waals surface area contributed by atoms with Gasteiger partial charge in [0.1, 0.15) is 18.1 Å². The number of nitro benzene ring substituents is 1. The first-order chi connectivity index (χ1) is 21.2. The molecule has 44 heavy (non-hydrogen) atoms. The molecule has 0 saturated carbocycles. The van der Waals surface area contributed by atoms with E-state index in [0.29, 0.717) is 31.6 Å². The maximum absolute atomic E-state index is 13.9. The number of hydrogen-bond acceptors (Lipinski definition) is 7. The molecule has 10 heteroatoms. The highest BCUT2D eigenvalue weighted by Crippen LogP contribution is 2.50. The fraction of sp³-hybridized carbons (Fsp3) is 0.294. The summed E-state index contributed by atoms with van der Waals surface area (Å²) in [6.45, 7) is 2.57. The molecule has 2 amide bonds. The van der Waals surface area contributed by atoms with Crippen LogP contribution < -0.4 is 9.64 Å². The molecular formula is C34H31BrN2O7. The van der Waals surface area contributed by atoms with Gasteiger partial charge in [0.05, 0.1) is 35.2 Å². The van der Waals surface area contributed by atoms with Gasteiger partial charge in [-0.1, -0.05) is 51.8 Å². The van der Waals surface area contributed by atoms with E-state index in [1.54, 1.807) is 18.2 Å². The van der Waals surface area contributed by atoms with Gasteiger partial charge in [0.2, 0.25) is 11.8 Å². The quantitative estimate of drug-likeness (QED) is 0.116. The normalized spacial score (nSPS) is 23.1. The van der Waals surface area contributed by atoms with Gasteiger partial charge in [0.25, 0.3) is 5.69 Å². The van der Waals surface area contributed by atoms with Gasteiger partial charge in [0, 0.05) is 28.1 Å². The van der Waals surface area contributed by atoms with Gasteiger partial charge in [-0.25, -0.2) is 4.90 Å². The molecule has 2 saturated heterocycles. The number of nitrogens with zero attached hydrogens (tertiary/aromatic N) is 2. The van der Waals surface area contributed by atoms with Crippen LogP contribution >= 0.6 is 15.9 Å². The highest BCUT2D eigenvalue weighted by molar-refractivity contribution is 9.10. The maximum Gasteiger partial charge on any atom is 0.271 e. The van der Waals surface area contributed by atoms with Crippen molar-refractivity contribution in [3.8, 4) is 11.5 Å². The number of para-hydroxylation sites is 1. The van der Waals surface area contributed by atoms with E-state index in [0.717, 1.165) is 31.7 Å². The van der Waals surface area contributed by atoms with E-state index in [4.69, 9.17) is 9.47 Å². The van der Waals surface area contributed by atoms with Gasteiger partial charge in [-0.05, 0) is 73.7 Å². The Morgan fingerprint density at radius 3 is 2.66 bits per heavy atom. The van der Waals surface area contributed by atoms with E-state index in [9.17, 15) is 24.8 Å². The van der Waals surface area contributed by atoms with Crippen molar-refractivity contribution < 1.29 is 29.1 Å². The molecule has 0 radical (unpaired) electrons. The number of carbonyl (C=O) groups is 2. The molecule has 2 aliphatic heterocycles. The van der Waals surface area contributed by atoms with Crippen LogP contribution in [0.4, 0.5) is 11.4 Å². The Morgan fingerprint density at radius 1 is 1.09 bits per heavy atom. The molecule has 1 aliphatic carbocycles. The molecule has 2 fully saturated rings. The molecular weight excluding hydrogens is 628 g/mol. The van der Waals surface area contributed by atoms with Gasteiger partial charge in [-0.3, -0.25) is 19.7 Å². The summed E-state index contributed by atoms with van der Waals surface area (Å²) in [6, 6.07) is 20.4. The third kappa shape index (κ3) is 5.79. The van der Waals surface area contributed by atoms with Gasteiger partial charge < -0.3 is 14.6 Å². The third-order valence-electron chi connectivity index (χ3n) is 8.66. The minimum absolute atomic E-state index is 0.183. The van der Waals surface area contributed by atoms with E-state index in [2.05, 4.69) is 15.9 Å². The fourth-order valence-corrected chi connectivity index (χ4v) is 7.01. The number of nitro groups is 1. The lowest BCUT2D eigenvalue weighted by Gasteiger charge is -2.31. The molecule has 0 bridgehead atoms. The number of phenols is 1. The number of carbonyl (C=O) groups excluding carboxylic acids is 2. The molecule has 2 heterocycles. The minimum Gasteiger partial charge on any atom is -0.507 e. The zero-order valence-corrected chi connectivity index (χ0v) is 25.6. The first-order valence-electron chi connectivity index (χ1n) is 14.5. The Balaban J connectivity index is 1.28. The van der Waals surface area contributed by atoms with Crippen molar-refractivity contribution in [1.82, 2.24) is 0 Å². The van der Waals surface area contributed by atoms with Crippen LogP contribution in [-0.2, 0) is 14.3 Å². The molecule has 6 rings (SSSR count). The first-order valence-corrected chi connectivity index (χ1v) is 15.3. The van der Waals surface area contributed by atoms with Crippen LogP contribution in [0.5, 0.6) is 11.5 Å². The molecule has 0 aromatic heterocycles. The second kappa shape index (κ2) is 12.4. The largest absolute Gasteiger partial charge is 0.507 e. The Kier molecular flexibility index (Phi) is 8.38. The number of ether oxygens (including phenoxy) is 2. The van der Waals surface area contributed by atoms with E-state index in [1.807, 2.05) is 49.4 Å². The second-order valence-electron chi connectivity index (χ2n) is 11.4. The predicted molar refractivity (Wildman–Crippen MR) is 168 cm³/mol. The number of aromatic hydroxyl groups is 1. The topological polar surface area (TPSA) is 119 Å². The number of benzene rings is 3. The molecule has 3 aliphatic rings. The van der Waals surface area contributed by atoms with Crippen LogP contribution in [0.2, 0.25) is 0 Å². The zero-order chi connectivity index (χ0) is 31.0. The number of non-ortho nitro benzene ring substituents is 1. The lowest BCUT2D eigenvalue weighted by molar-refractivity contribution is -0.384. The third-order valence-corrected chi connectivity index (χ3v) is 9.15. The minimum atomic E-state index is -0.613. The monoisotopic (exact) mass is 658 g/mol. The van der Waals surface area contributed by atoms with Crippen LogP contribution in [0, 0.1) is 27.9 Å². The summed E-state index contributed by atoms with van der Waals surface area (Å²) >= 11 is 3.45. The summed E-state index contributed by atoms with van der Waals surface area (Å²) < 4.78 is 13.4. The summed E-state index contributed by atoms with van der Waals surface area (Å²) in [5, 5.41) is 21.7. The summed E-state index contributed by atoms with van der Waals surface area (Å²) in [7, 11) is 0. The molecule has 0 spiro atoms. The molecule has 226 valence electrons. The summed E-state index contributed by atoms with van der Waals surface area (Å²) in [4.78, 5) is 39.6. The van der Waals surface area contributed by atoms with Crippen LogP contribution in [0.15, 0.2) is 94.0 Å². The van der Waals surface area contributed by atoms with Crippen molar-refractivity contribution in [1.29, 1.82) is 0 Å². The van der Waals surface area contributed by atoms with Crippen molar-refractivity contribution in [2.45, 2.75) is 32.3 Å². The van der Waals surface area contributed by atoms with E-state index in [-0.39, 0.29) is 47.6 Å². The highest BCUT2D eigenvalue weighted by Gasteiger charge is 2.57. The second-order valence-corrected chi connectivity index (χ2v) is 12.4. The number of amides is 2. The van der Waals surface area contributed by atoms with Crippen molar-refractivity contribution >= 4 is 45.2 Å². The molecule has 9 nitrogen and oxygen atoms in total. The van der Waals surface area contributed by atoms with Crippen molar-refractivity contribution in [3.63, 3.8) is 0 Å². The lowest BCUT2D eigenvalue weighted by atomic mass is 9.69. The van der Waals surface area contributed by atoms with Gasteiger partial charge >= 0.3 is 0 Å². The number of phenolic OH excluding ortho intramolecular Hbond substituents is 1. The fourth-order valence-electron chi connectivity index (χ4n) is 6.63. The number of imide groups is 1. The Morgan fingerprint density at radius 2 is 1.89 bits per heavy atom. The average molecular weight is 660 g/mol. The number of allylic oxidation sites excluding steroid dienone is 1. The van der Waals surface area contributed by atoms with E-state index in [1.165, 1.54) is 18.2 Å². The Labute approximate surface area is 263 Å². The molecule has 1 N–H and O–H groups in total. The molecule has 3 aromatic carbocycles. The summed E-state index contributed by atoms with van der Waals surface area (Å²) in [5.41, 5.74) is 3.77. The van der Waals surface area contributed by atoms with Crippen LogP contribution in [0.25, 0.3) is 6.08 Å².